The Kier molecular flexibility index (Phi) is 6.42. The fourth-order valence-corrected chi connectivity index (χ4v) is 2.41. The summed E-state index contributed by atoms with van der Waals surface area (Å²) in [5.74, 6) is 1.74. The van der Waals surface area contributed by atoms with Crippen molar-refractivity contribution in [3.8, 4) is 0 Å². The predicted molar refractivity (Wildman–Crippen MR) is 74.8 cm³/mol. The monoisotopic (exact) mass is 283 g/mol. The first-order valence-electron chi connectivity index (χ1n) is 7.46. The largest absolute Gasteiger partial charge is 0.383 e. The highest BCUT2D eigenvalue weighted by Gasteiger charge is 2.22. The molecule has 0 aliphatic carbocycles. The minimum atomic E-state index is 0.218. The Bertz CT molecular complexity index is 377. The smallest absolute Gasteiger partial charge is 0.228 e. The van der Waals surface area contributed by atoms with Crippen molar-refractivity contribution in [1.29, 1.82) is 0 Å². The first kappa shape index (κ1) is 15.4. The fraction of sp³-hybridized carbons (Fsp3) is 0.857. The highest BCUT2D eigenvalue weighted by molar-refractivity contribution is 4.98. The molecular formula is C14H25N3O3. The van der Waals surface area contributed by atoms with Gasteiger partial charge in [0.2, 0.25) is 5.89 Å². The van der Waals surface area contributed by atoms with E-state index >= 15 is 0 Å². The molecule has 6 heteroatoms. The third kappa shape index (κ3) is 4.54. The summed E-state index contributed by atoms with van der Waals surface area (Å²) in [6.45, 7) is 5.30. The van der Waals surface area contributed by atoms with Gasteiger partial charge in [0.15, 0.2) is 5.82 Å². The van der Waals surface area contributed by atoms with Crippen molar-refractivity contribution in [2.24, 2.45) is 0 Å². The summed E-state index contributed by atoms with van der Waals surface area (Å²) in [6, 6.07) is 0.218. The molecule has 1 N–H and O–H groups in total. The quantitative estimate of drug-likeness (QED) is 0.780. The molecule has 2 atom stereocenters. The molecule has 20 heavy (non-hydrogen) atoms. The van der Waals surface area contributed by atoms with Gasteiger partial charge in [-0.1, -0.05) is 12.1 Å². The molecule has 1 aromatic rings. The molecular weight excluding hydrogens is 258 g/mol. The van der Waals surface area contributed by atoms with Gasteiger partial charge < -0.3 is 19.3 Å². The second-order valence-electron chi connectivity index (χ2n) is 5.27. The molecule has 2 unspecified atom stereocenters. The molecule has 2 heterocycles. The highest BCUT2D eigenvalue weighted by Crippen LogP contribution is 2.23. The van der Waals surface area contributed by atoms with Crippen LogP contribution in [0.3, 0.4) is 0 Å². The Labute approximate surface area is 120 Å². The van der Waals surface area contributed by atoms with Crippen LogP contribution >= 0.6 is 0 Å². The van der Waals surface area contributed by atoms with Gasteiger partial charge in [-0.15, -0.1) is 0 Å². The van der Waals surface area contributed by atoms with Crippen molar-refractivity contribution < 1.29 is 14.0 Å². The van der Waals surface area contributed by atoms with Crippen molar-refractivity contribution >= 4 is 0 Å². The van der Waals surface area contributed by atoms with E-state index in [1.807, 2.05) is 0 Å². The minimum absolute atomic E-state index is 0.218. The van der Waals surface area contributed by atoms with Crippen LogP contribution in [0.2, 0.25) is 0 Å². The van der Waals surface area contributed by atoms with E-state index in [4.69, 9.17) is 14.0 Å². The van der Waals surface area contributed by atoms with E-state index in [2.05, 4.69) is 22.4 Å². The molecule has 0 bridgehead atoms. The Balaban J connectivity index is 1.89. The molecule has 1 aliphatic rings. The van der Waals surface area contributed by atoms with Gasteiger partial charge >= 0.3 is 0 Å². The van der Waals surface area contributed by atoms with Crippen LogP contribution in [0.5, 0.6) is 0 Å². The van der Waals surface area contributed by atoms with Crippen molar-refractivity contribution in [3.05, 3.63) is 11.7 Å². The summed E-state index contributed by atoms with van der Waals surface area (Å²) < 4.78 is 16.1. The maximum absolute atomic E-state index is 5.46. The van der Waals surface area contributed by atoms with Crippen LogP contribution in [-0.4, -0.2) is 49.7 Å². The van der Waals surface area contributed by atoms with Gasteiger partial charge in [-0.05, 0) is 25.8 Å². The lowest BCUT2D eigenvalue weighted by Crippen LogP contribution is -2.35. The van der Waals surface area contributed by atoms with Crippen molar-refractivity contribution in [2.75, 3.05) is 33.5 Å². The van der Waals surface area contributed by atoms with E-state index in [-0.39, 0.29) is 12.0 Å². The lowest BCUT2D eigenvalue weighted by atomic mass is 10.0. The Morgan fingerprint density at radius 1 is 1.50 bits per heavy atom. The molecule has 1 aliphatic heterocycles. The number of aromatic nitrogens is 2. The summed E-state index contributed by atoms with van der Waals surface area (Å²) in [7, 11) is 1.71. The van der Waals surface area contributed by atoms with Crippen LogP contribution in [0.15, 0.2) is 4.52 Å². The highest BCUT2D eigenvalue weighted by atomic mass is 16.5. The lowest BCUT2D eigenvalue weighted by molar-refractivity contribution is 0.0773. The van der Waals surface area contributed by atoms with E-state index in [9.17, 15) is 0 Å². The van der Waals surface area contributed by atoms with Crippen LogP contribution < -0.4 is 5.32 Å². The zero-order chi connectivity index (χ0) is 14.2. The van der Waals surface area contributed by atoms with Gasteiger partial charge in [-0.25, -0.2) is 0 Å². The van der Waals surface area contributed by atoms with Crippen molar-refractivity contribution in [2.45, 2.75) is 44.6 Å². The summed E-state index contributed by atoms with van der Waals surface area (Å²) in [4.78, 5) is 4.51. The maximum atomic E-state index is 5.46. The molecule has 0 spiro atoms. The van der Waals surface area contributed by atoms with E-state index in [0.29, 0.717) is 25.5 Å². The van der Waals surface area contributed by atoms with Gasteiger partial charge in [0, 0.05) is 32.1 Å². The molecule has 1 fully saturated rings. The molecule has 0 saturated carbocycles. The van der Waals surface area contributed by atoms with Crippen LogP contribution in [0.1, 0.15) is 43.8 Å². The molecule has 2 rings (SSSR count). The molecule has 1 saturated heterocycles. The van der Waals surface area contributed by atoms with E-state index in [0.717, 1.165) is 38.2 Å². The van der Waals surface area contributed by atoms with Crippen LogP contribution in [-0.2, 0) is 15.9 Å². The first-order chi connectivity index (χ1) is 9.83. The van der Waals surface area contributed by atoms with Crippen LogP contribution in [0, 0.1) is 0 Å². The summed E-state index contributed by atoms with van der Waals surface area (Å²) in [5.41, 5.74) is 0. The Morgan fingerprint density at radius 3 is 3.10 bits per heavy atom. The molecule has 6 nitrogen and oxygen atoms in total. The normalized spacial score (nSPS) is 21.0. The second kappa shape index (κ2) is 8.34. The summed E-state index contributed by atoms with van der Waals surface area (Å²) >= 11 is 0. The van der Waals surface area contributed by atoms with Gasteiger partial charge in [0.05, 0.1) is 13.2 Å². The molecule has 1 aromatic heterocycles. The number of rotatable bonds is 8. The van der Waals surface area contributed by atoms with E-state index in [1.54, 1.807) is 7.11 Å². The molecule has 0 aromatic carbocycles. The van der Waals surface area contributed by atoms with E-state index < -0.39 is 0 Å². The number of nitrogens with one attached hydrogen (secondary N) is 1. The van der Waals surface area contributed by atoms with Crippen LogP contribution in [0.25, 0.3) is 0 Å². The number of nitrogens with zero attached hydrogens (tertiary/aromatic N) is 2. The van der Waals surface area contributed by atoms with Gasteiger partial charge in [0.1, 0.15) is 0 Å². The zero-order valence-electron chi connectivity index (χ0n) is 12.4. The van der Waals surface area contributed by atoms with E-state index in [1.165, 1.54) is 0 Å². The average Bonchev–Trinajstić information content (AvgIpc) is 2.94. The topological polar surface area (TPSA) is 69.4 Å². The first-order valence-corrected chi connectivity index (χ1v) is 7.46. The zero-order valence-corrected chi connectivity index (χ0v) is 12.4. The third-order valence-electron chi connectivity index (χ3n) is 3.48. The van der Waals surface area contributed by atoms with Crippen molar-refractivity contribution in [1.82, 2.24) is 15.5 Å². The number of methoxy groups -OCH3 is 1. The molecule has 0 amide bonds. The Morgan fingerprint density at radius 2 is 2.40 bits per heavy atom. The summed E-state index contributed by atoms with van der Waals surface area (Å²) in [5, 5.41) is 7.53. The SMILES string of the molecule is CCCNC(COC)Cc1nc(C2CCCOC2)no1. The van der Waals surface area contributed by atoms with Gasteiger partial charge in [-0.2, -0.15) is 4.98 Å². The summed E-state index contributed by atoms with van der Waals surface area (Å²) in [6.07, 6.45) is 3.94. The number of ether oxygens (including phenoxy) is 2. The Hall–Kier alpha value is -0.980. The fourth-order valence-electron chi connectivity index (χ4n) is 2.41. The molecule has 114 valence electrons. The number of hydrogen-bond donors (Lipinski definition) is 1. The van der Waals surface area contributed by atoms with Gasteiger partial charge in [-0.3, -0.25) is 0 Å². The average molecular weight is 283 g/mol. The lowest BCUT2D eigenvalue weighted by Gasteiger charge is -2.18. The third-order valence-corrected chi connectivity index (χ3v) is 3.48. The standard InChI is InChI=1S/C14H25N3O3/c1-3-6-15-12(10-18-2)8-13-16-14(17-20-13)11-5-4-7-19-9-11/h11-12,15H,3-10H2,1-2H3. The van der Waals surface area contributed by atoms with Gasteiger partial charge in [0.25, 0.3) is 0 Å². The molecule has 0 radical (unpaired) electrons. The minimum Gasteiger partial charge on any atom is -0.383 e. The second-order valence-corrected chi connectivity index (χ2v) is 5.27. The van der Waals surface area contributed by atoms with Crippen molar-refractivity contribution in [3.63, 3.8) is 0 Å². The predicted octanol–water partition coefficient (Wildman–Crippen LogP) is 1.52. The maximum Gasteiger partial charge on any atom is 0.228 e. The van der Waals surface area contributed by atoms with Crippen LogP contribution in [0.4, 0.5) is 0 Å². The number of hydrogen-bond acceptors (Lipinski definition) is 6.